The molecule has 0 saturated carbocycles. The van der Waals surface area contributed by atoms with Crippen LogP contribution in [0.25, 0.3) is 0 Å². The van der Waals surface area contributed by atoms with E-state index >= 15 is 0 Å². The van der Waals surface area contributed by atoms with Crippen molar-refractivity contribution in [3.8, 4) is 0 Å². The van der Waals surface area contributed by atoms with E-state index in [4.69, 9.17) is 0 Å². The second kappa shape index (κ2) is 4.10. The lowest BCUT2D eigenvalue weighted by Crippen LogP contribution is -2.26. The van der Waals surface area contributed by atoms with Crippen LogP contribution in [0, 0.1) is 11.3 Å². The Bertz CT molecular complexity index is 103. The van der Waals surface area contributed by atoms with Gasteiger partial charge in [0.2, 0.25) is 0 Å². The van der Waals surface area contributed by atoms with Crippen LogP contribution in [0.4, 0.5) is 0 Å². The van der Waals surface area contributed by atoms with Gasteiger partial charge in [0.15, 0.2) is 0 Å². The molecule has 0 rings (SSSR count). The van der Waals surface area contributed by atoms with Crippen molar-refractivity contribution in [2.75, 3.05) is 0 Å². The molecule has 0 saturated heterocycles. The van der Waals surface area contributed by atoms with Gasteiger partial charge in [0.05, 0.1) is 6.10 Å². The van der Waals surface area contributed by atoms with Gasteiger partial charge in [0.1, 0.15) is 0 Å². The average molecular weight is 158 g/mol. The van der Waals surface area contributed by atoms with Gasteiger partial charge in [-0.15, -0.1) is 0 Å². The van der Waals surface area contributed by atoms with Crippen LogP contribution in [0.15, 0.2) is 0 Å². The Morgan fingerprint density at radius 2 is 1.64 bits per heavy atom. The molecule has 0 bridgehead atoms. The monoisotopic (exact) mass is 158 g/mol. The van der Waals surface area contributed by atoms with Crippen molar-refractivity contribution in [1.82, 2.24) is 0 Å². The van der Waals surface area contributed by atoms with E-state index in [1.807, 2.05) is 6.92 Å². The fraction of sp³-hybridized carbons (Fsp3) is 1.00. The molecule has 0 aromatic rings. The molecule has 0 fully saturated rings. The van der Waals surface area contributed by atoms with E-state index in [2.05, 4.69) is 27.7 Å². The van der Waals surface area contributed by atoms with Crippen molar-refractivity contribution in [2.45, 2.75) is 53.6 Å². The summed E-state index contributed by atoms with van der Waals surface area (Å²) in [5.74, 6) is 0.744. The Kier molecular flexibility index (Phi) is 4.09. The van der Waals surface area contributed by atoms with Crippen LogP contribution in [0.2, 0.25) is 0 Å². The highest BCUT2D eigenvalue weighted by atomic mass is 16.3. The van der Waals surface area contributed by atoms with E-state index in [0.29, 0.717) is 0 Å². The highest BCUT2D eigenvalue weighted by molar-refractivity contribution is 4.74. The SMILES string of the molecule is CC(C)CCC(C)(C)[C@@H](C)O. The smallest absolute Gasteiger partial charge is 0.0563 e. The van der Waals surface area contributed by atoms with Gasteiger partial charge in [-0.25, -0.2) is 0 Å². The van der Waals surface area contributed by atoms with E-state index in [0.717, 1.165) is 12.3 Å². The van der Waals surface area contributed by atoms with Crippen molar-refractivity contribution in [3.05, 3.63) is 0 Å². The molecule has 0 radical (unpaired) electrons. The zero-order valence-corrected chi connectivity index (χ0v) is 8.52. The lowest BCUT2D eigenvalue weighted by Gasteiger charge is -2.28. The molecule has 68 valence electrons. The molecule has 1 atom stereocenters. The third kappa shape index (κ3) is 4.41. The van der Waals surface area contributed by atoms with Gasteiger partial charge in [-0.1, -0.05) is 34.1 Å². The van der Waals surface area contributed by atoms with Gasteiger partial charge in [-0.05, 0) is 24.7 Å². The predicted molar refractivity (Wildman–Crippen MR) is 49.5 cm³/mol. The average Bonchev–Trinajstić information content (AvgIpc) is 1.84. The predicted octanol–water partition coefficient (Wildman–Crippen LogP) is 2.83. The third-order valence-corrected chi connectivity index (χ3v) is 2.50. The molecule has 1 nitrogen and oxygen atoms in total. The van der Waals surface area contributed by atoms with Crippen molar-refractivity contribution in [2.24, 2.45) is 11.3 Å². The summed E-state index contributed by atoms with van der Waals surface area (Å²) in [5.41, 5.74) is 0.0876. The fourth-order valence-corrected chi connectivity index (χ4v) is 0.870. The molecule has 0 aliphatic rings. The molecule has 0 aliphatic heterocycles. The Hall–Kier alpha value is -0.0400. The first-order valence-corrected chi connectivity index (χ1v) is 4.54. The van der Waals surface area contributed by atoms with Crippen LogP contribution in [0.5, 0.6) is 0 Å². The quantitative estimate of drug-likeness (QED) is 0.667. The summed E-state index contributed by atoms with van der Waals surface area (Å²) >= 11 is 0. The molecule has 0 aromatic carbocycles. The Labute approximate surface area is 70.8 Å². The van der Waals surface area contributed by atoms with Gasteiger partial charge >= 0.3 is 0 Å². The summed E-state index contributed by atoms with van der Waals surface area (Å²) in [5, 5.41) is 9.39. The van der Waals surface area contributed by atoms with Crippen LogP contribution in [0.1, 0.15) is 47.5 Å². The van der Waals surface area contributed by atoms with Crippen molar-refractivity contribution in [1.29, 1.82) is 0 Å². The van der Waals surface area contributed by atoms with Crippen LogP contribution >= 0.6 is 0 Å². The minimum Gasteiger partial charge on any atom is -0.393 e. The molecule has 0 aliphatic carbocycles. The molecule has 0 spiro atoms. The van der Waals surface area contributed by atoms with Crippen LogP contribution in [-0.2, 0) is 0 Å². The van der Waals surface area contributed by atoms with Gasteiger partial charge in [-0.3, -0.25) is 0 Å². The first kappa shape index (κ1) is 11.0. The summed E-state index contributed by atoms with van der Waals surface area (Å²) in [6.45, 7) is 10.6. The highest BCUT2D eigenvalue weighted by Crippen LogP contribution is 2.28. The number of hydrogen-bond acceptors (Lipinski definition) is 1. The first-order valence-electron chi connectivity index (χ1n) is 4.54. The topological polar surface area (TPSA) is 20.2 Å². The second-order valence-electron chi connectivity index (χ2n) is 4.60. The van der Waals surface area contributed by atoms with Gasteiger partial charge in [0.25, 0.3) is 0 Å². The molecule has 1 heteroatoms. The van der Waals surface area contributed by atoms with Gasteiger partial charge in [0, 0.05) is 0 Å². The second-order valence-corrected chi connectivity index (χ2v) is 4.60. The molecular weight excluding hydrogens is 136 g/mol. The van der Waals surface area contributed by atoms with E-state index in [1.165, 1.54) is 6.42 Å². The normalized spacial score (nSPS) is 15.5. The number of aliphatic hydroxyl groups is 1. The largest absolute Gasteiger partial charge is 0.393 e. The molecule has 0 unspecified atom stereocenters. The number of aliphatic hydroxyl groups excluding tert-OH is 1. The van der Waals surface area contributed by atoms with E-state index < -0.39 is 0 Å². The maximum atomic E-state index is 9.39. The third-order valence-electron chi connectivity index (χ3n) is 2.50. The van der Waals surface area contributed by atoms with E-state index in [1.54, 1.807) is 0 Å². The van der Waals surface area contributed by atoms with Crippen molar-refractivity contribution < 1.29 is 5.11 Å². The van der Waals surface area contributed by atoms with E-state index in [-0.39, 0.29) is 11.5 Å². The number of hydrogen-bond donors (Lipinski definition) is 1. The Morgan fingerprint density at radius 3 is 1.91 bits per heavy atom. The van der Waals surface area contributed by atoms with Gasteiger partial charge < -0.3 is 5.11 Å². The molecule has 1 N–H and O–H groups in total. The number of rotatable bonds is 4. The molecule has 11 heavy (non-hydrogen) atoms. The van der Waals surface area contributed by atoms with Crippen LogP contribution in [-0.4, -0.2) is 11.2 Å². The summed E-state index contributed by atoms with van der Waals surface area (Å²) in [7, 11) is 0. The maximum absolute atomic E-state index is 9.39. The van der Waals surface area contributed by atoms with Crippen molar-refractivity contribution >= 4 is 0 Å². The lowest BCUT2D eigenvalue weighted by molar-refractivity contribution is 0.0557. The fourth-order valence-electron chi connectivity index (χ4n) is 0.870. The molecule has 0 aromatic heterocycles. The zero-order valence-electron chi connectivity index (χ0n) is 8.52. The zero-order chi connectivity index (χ0) is 9.07. The maximum Gasteiger partial charge on any atom is 0.0563 e. The summed E-state index contributed by atoms with van der Waals surface area (Å²) in [6, 6.07) is 0. The van der Waals surface area contributed by atoms with Crippen LogP contribution in [0.3, 0.4) is 0 Å². The lowest BCUT2D eigenvalue weighted by atomic mass is 9.81. The van der Waals surface area contributed by atoms with Crippen molar-refractivity contribution in [3.63, 3.8) is 0 Å². The minimum atomic E-state index is -0.193. The van der Waals surface area contributed by atoms with E-state index in [9.17, 15) is 5.11 Å². The first-order chi connectivity index (χ1) is 4.86. The Morgan fingerprint density at radius 1 is 1.18 bits per heavy atom. The standard InChI is InChI=1S/C10H22O/c1-8(2)6-7-10(4,5)9(3)11/h8-9,11H,6-7H2,1-5H3/t9-/m1/s1. The van der Waals surface area contributed by atoms with Gasteiger partial charge in [-0.2, -0.15) is 0 Å². The molecule has 0 amide bonds. The summed E-state index contributed by atoms with van der Waals surface area (Å²) in [4.78, 5) is 0. The summed E-state index contributed by atoms with van der Waals surface area (Å²) in [6.07, 6.45) is 2.13. The Balaban J connectivity index is 3.73. The van der Waals surface area contributed by atoms with Crippen LogP contribution < -0.4 is 0 Å². The molecule has 0 heterocycles. The summed E-state index contributed by atoms with van der Waals surface area (Å²) < 4.78 is 0. The minimum absolute atomic E-state index is 0.0876. The molecular formula is C10H22O. The highest BCUT2D eigenvalue weighted by Gasteiger charge is 2.23.